The highest BCUT2D eigenvalue weighted by Gasteiger charge is 2.53. The molecule has 1 aliphatic rings. The summed E-state index contributed by atoms with van der Waals surface area (Å²) < 4.78 is 23.3. The van der Waals surface area contributed by atoms with Crippen LogP contribution in [-0.4, -0.2) is 18.9 Å². The van der Waals surface area contributed by atoms with Crippen LogP contribution >= 0.6 is 7.60 Å². The molecule has 94 valence electrons. The molecule has 17 heavy (non-hydrogen) atoms. The van der Waals surface area contributed by atoms with Gasteiger partial charge in [0.1, 0.15) is 0 Å². The van der Waals surface area contributed by atoms with Gasteiger partial charge in [0, 0.05) is 0 Å². The van der Waals surface area contributed by atoms with Crippen molar-refractivity contribution in [3.63, 3.8) is 0 Å². The number of rotatable bonds is 6. The van der Waals surface area contributed by atoms with Crippen molar-refractivity contribution in [2.45, 2.75) is 31.8 Å². The minimum Gasteiger partial charge on any atom is -0.309 e. The lowest BCUT2D eigenvalue weighted by molar-refractivity contribution is 0.218. The van der Waals surface area contributed by atoms with Crippen LogP contribution in [0.4, 0.5) is 0 Å². The van der Waals surface area contributed by atoms with Gasteiger partial charge in [0.25, 0.3) is 0 Å². The molecule has 2 unspecified atom stereocenters. The fourth-order valence-corrected chi connectivity index (χ4v) is 4.45. The van der Waals surface area contributed by atoms with Crippen molar-refractivity contribution in [2.75, 3.05) is 13.2 Å². The highest BCUT2D eigenvalue weighted by atomic mass is 31.2. The smallest absolute Gasteiger partial charge is 0.309 e. The highest BCUT2D eigenvalue weighted by Crippen LogP contribution is 2.68. The molecule has 0 N–H and O–H groups in total. The highest BCUT2D eigenvalue weighted by molar-refractivity contribution is 7.55. The van der Waals surface area contributed by atoms with Crippen molar-refractivity contribution in [1.29, 1.82) is 0 Å². The SMILES string of the molecule is CCOP(=O)(OCC)C1CC1c1ccccc1. The first-order chi connectivity index (χ1) is 8.21. The van der Waals surface area contributed by atoms with Gasteiger partial charge in [-0.2, -0.15) is 0 Å². The zero-order chi connectivity index (χ0) is 12.3. The van der Waals surface area contributed by atoms with Crippen molar-refractivity contribution in [1.82, 2.24) is 0 Å². The van der Waals surface area contributed by atoms with Gasteiger partial charge in [-0.15, -0.1) is 0 Å². The van der Waals surface area contributed by atoms with Gasteiger partial charge in [-0.3, -0.25) is 4.57 Å². The molecule has 1 fully saturated rings. The quantitative estimate of drug-likeness (QED) is 0.724. The van der Waals surface area contributed by atoms with Gasteiger partial charge in [-0.1, -0.05) is 30.3 Å². The maximum atomic E-state index is 12.5. The predicted molar refractivity (Wildman–Crippen MR) is 68.4 cm³/mol. The predicted octanol–water partition coefficient (Wildman–Crippen LogP) is 3.81. The van der Waals surface area contributed by atoms with Crippen LogP contribution in [0.15, 0.2) is 30.3 Å². The maximum Gasteiger partial charge on any atom is 0.334 e. The Morgan fingerprint density at radius 1 is 1.18 bits per heavy atom. The van der Waals surface area contributed by atoms with E-state index in [2.05, 4.69) is 12.1 Å². The van der Waals surface area contributed by atoms with Crippen LogP contribution in [-0.2, 0) is 13.6 Å². The van der Waals surface area contributed by atoms with E-state index < -0.39 is 7.60 Å². The van der Waals surface area contributed by atoms with Gasteiger partial charge in [0.15, 0.2) is 0 Å². The van der Waals surface area contributed by atoms with Crippen molar-refractivity contribution in [3.05, 3.63) is 35.9 Å². The Morgan fingerprint density at radius 3 is 2.29 bits per heavy atom. The van der Waals surface area contributed by atoms with Gasteiger partial charge < -0.3 is 9.05 Å². The molecule has 1 aliphatic carbocycles. The van der Waals surface area contributed by atoms with E-state index in [0.29, 0.717) is 19.1 Å². The van der Waals surface area contributed by atoms with E-state index in [1.54, 1.807) is 0 Å². The minimum atomic E-state index is -2.90. The second kappa shape index (κ2) is 5.34. The normalized spacial score (nSPS) is 23.6. The van der Waals surface area contributed by atoms with Crippen molar-refractivity contribution >= 4 is 7.60 Å². The van der Waals surface area contributed by atoms with Gasteiger partial charge >= 0.3 is 7.60 Å². The molecule has 1 aromatic carbocycles. The second-order valence-electron chi connectivity index (χ2n) is 4.20. The fraction of sp³-hybridized carbons (Fsp3) is 0.538. The van der Waals surface area contributed by atoms with Crippen LogP contribution in [0.25, 0.3) is 0 Å². The summed E-state index contributed by atoms with van der Waals surface area (Å²) in [5, 5.41) is 0. The maximum absolute atomic E-state index is 12.5. The molecular weight excluding hydrogens is 235 g/mol. The average molecular weight is 254 g/mol. The molecule has 2 rings (SSSR count). The summed E-state index contributed by atoms with van der Waals surface area (Å²) in [6, 6.07) is 10.2. The molecule has 0 aromatic heterocycles. The van der Waals surface area contributed by atoms with Crippen molar-refractivity contribution in [2.24, 2.45) is 0 Å². The fourth-order valence-electron chi connectivity index (χ4n) is 2.18. The Kier molecular flexibility index (Phi) is 4.03. The Balaban J connectivity index is 2.08. The molecule has 0 heterocycles. The van der Waals surface area contributed by atoms with E-state index in [9.17, 15) is 4.57 Å². The summed E-state index contributed by atoms with van der Waals surface area (Å²) in [6.45, 7) is 4.59. The Hall–Kier alpha value is -0.630. The molecule has 1 saturated carbocycles. The number of benzene rings is 1. The average Bonchev–Trinajstić information content (AvgIpc) is 3.11. The molecule has 3 nitrogen and oxygen atoms in total. The van der Waals surface area contributed by atoms with Gasteiger partial charge in [0.05, 0.1) is 18.9 Å². The van der Waals surface area contributed by atoms with Gasteiger partial charge in [0.2, 0.25) is 0 Å². The van der Waals surface area contributed by atoms with E-state index in [1.165, 1.54) is 5.56 Å². The van der Waals surface area contributed by atoms with Crippen LogP contribution < -0.4 is 0 Å². The summed E-state index contributed by atoms with van der Waals surface area (Å²) in [5.74, 6) is 0.333. The minimum absolute atomic E-state index is 0.0461. The molecule has 0 aliphatic heterocycles. The Morgan fingerprint density at radius 2 is 1.76 bits per heavy atom. The monoisotopic (exact) mass is 254 g/mol. The summed E-state index contributed by atoms with van der Waals surface area (Å²) in [5.41, 5.74) is 1.28. The van der Waals surface area contributed by atoms with Crippen molar-refractivity contribution < 1.29 is 13.6 Å². The van der Waals surface area contributed by atoms with Crippen LogP contribution in [0.1, 0.15) is 31.7 Å². The first-order valence-electron chi connectivity index (χ1n) is 6.15. The van der Waals surface area contributed by atoms with Crippen LogP contribution in [0, 0.1) is 0 Å². The van der Waals surface area contributed by atoms with E-state index in [4.69, 9.17) is 9.05 Å². The topological polar surface area (TPSA) is 35.5 Å². The van der Waals surface area contributed by atoms with E-state index in [-0.39, 0.29) is 5.66 Å². The Bertz CT molecular complexity index is 394. The zero-order valence-electron chi connectivity index (χ0n) is 10.3. The van der Waals surface area contributed by atoms with Gasteiger partial charge in [-0.05, 0) is 31.7 Å². The molecule has 0 saturated heterocycles. The largest absolute Gasteiger partial charge is 0.334 e. The van der Waals surface area contributed by atoms with Gasteiger partial charge in [-0.25, -0.2) is 0 Å². The summed E-state index contributed by atoms with van der Waals surface area (Å²) >= 11 is 0. The third-order valence-corrected chi connectivity index (χ3v) is 5.63. The summed E-state index contributed by atoms with van der Waals surface area (Å²) in [7, 11) is -2.90. The lowest BCUT2D eigenvalue weighted by atomic mass is 10.1. The van der Waals surface area contributed by atoms with E-state index in [1.807, 2.05) is 32.0 Å². The first-order valence-corrected chi connectivity index (χ1v) is 7.76. The molecular formula is C13H19O3P. The molecule has 0 amide bonds. The standard InChI is InChI=1S/C13H19O3P/c1-3-15-17(14,16-4-2)13-10-12(13)11-8-6-5-7-9-11/h5-9,12-13H,3-4,10H2,1-2H3. The molecule has 0 radical (unpaired) electrons. The number of hydrogen-bond acceptors (Lipinski definition) is 3. The molecule has 0 spiro atoms. The van der Waals surface area contributed by atoms with Crippen LogP contribution in [0.3, 0.4) is 0 Å². The summed E-state index contributed by atoms with van der Waals surface area (Å²) in [6.07, 6.45) is 0.904. The molecule has 1 aromatic rings. The lowest BCUT2D eigenvalue weighted by Crippen LogP contribution is -2.01. The Labute approximate surface area is 103 Å². The third kappa shape index (κ3) is 2.79. The lowest BCUT2D eigenvalue weighted by Gasteiger charge is -2.16. The van der Waals surface area contributed by atoms with Crippen molar-refractivity contribution in [3.8, 4) is 0 Å². The van der Waals surface area contributed by atoms with Crippen LogP contribution in [0.5, 0.6) is 0 Å². The molecule has 0 bridgehead atoms. The second-order valence-corrected chi connectivity index (χ2v) is 6.45. The first kappa shape index (κ1) is 12.8. The zero-order valence-corrected chi connectivity index (χ0v) is 11.2. The van der Waals surface area contributed by atoms with E-state index >= 15 is 0 Å². The third-order valence-electron chi connectivity index (χ3n) is 3.01. The summed E-state index contributed by atoms with van der Waals surface area (Å²) in [4.78, 5) is 0. The van der Waals surface area contributed by atoms with Crippen LogP contribution in [0.2, 0.25) is 0 Å². The number of hydrogen-bond donors (Lipinski definition) is 0. The molecule has 4 heteroatoms. The van der Waals surface area contributed by atoms with E-state index in [0.717, 1.165) is 6.42 Å². The molecule has 2 atom stereocenters.